The van der Waals surface area contributed by atoms with Gasteiger partial charge in [-0.1, -0.05) is 36.4 Å². The van der Waals surface area contributed by atoms with E-state index in [9.17, 15) is 4.79 Å². The molecule has 3 nitrogen and oxygen atoms in total. The molecule has 0 saturated carbocycles. The predicted octanol–water partition coefficient (Wildman–Crippen LogP) is 2.97. The van der Waals surface area contributed by atoms with Crippen LogP contribution in [0.5, 0.6) is 0 Å². The summed E-state index contributed by atoms with van der Waals surface area (Å²) in [6.07, 6.45) is 1.48. The second-order valence-corrected chi connectivity index (χ2v) is 4.21. The lowest BCUT2D eigenvalue weighted by Gasteiger charge is -2.16. The van der Waals surface area contributed by atoms with E-state index in [1.165, 1.54) is 0 Å². The third-order valence-corrected chi connectivity index (χ3v) is 2.81. The Balaban J connectivity index is 2.13. The number of ether oxygens (including phenoxy) is 1. The summed E-state index contributed by atoms with van der Waals surface area (Å²) in [4.78, 5) is 16.5. The summed E-state index contributed by atoms with van der Waals surface area (Å²) in [7, 11) is 0. The van der Waals surface area contributed by atoms with Crippen LogP contribution in [0.1, 0.15) is 24.3 Å². The number of carbonyl (C=O) groups is 1. The minimum atomic E-state index is -0.506. The van der Waals surface area contributed by atoms with Gasteiger partial charge in [0.2, 0.25) is 0 Å². The average Bonchev–Trinajstić information content (AvgIpc) is 2.46. The van der Waals surface area contributed by atoms with Gasteiger partial charge in [0.15, 0.2) is 5.78 Å². The van der Waals surface area contributed by atoms with Gasteiger partial charge in [-0.2, -0.15) is 0 Å². The van der Waals surface area contributed by atoms with Gasteiger partial charge in [0.25, 0.3) is 0 Å². The molecule has 1 unspecified atom stereocenters. The number of hydrogen-bond donors (Lipinski definition) is 0. The molecule has 2 rings (SSSR count). The Kier molecular flexibility index (Phi) is 4.81. The van der Waals surface area contributed by atoms with Gasteiger partial charge in [-0.05, 0) is 24.6 Å². The summed E-state index contributed by atoms with van der Waals surface area (Å²) in [6.45, 7) is 2.40. The Hall–Kier alpha value is -2.00. The van der Waals surface area contributed by atoms with Gasteiger partial charge in [-0.15, -0.1) is 0 Å². The van der Waals surface area contributed by atoms with E-state index >= 15 is 0 Å². The van der Waals surface area contributed by atoms with Crippen LogP contribution < -0.4 is 0 Å². The van der Waals surface area contributed by atoms with E-state index in [1.54, 1.807) is 6.20 Å². The Morgan fingerprint density at radius 2 is 1.89 bits per heavy atom. The van der Waals surface area contributed by atoms with Gasteiger partial charge in [0.05, 0.1) is 6.42 Å². The quantitative estimate of drug-likeness (QED) is 0.796. The van der Waals surface area contributed by atoms with Gasteiger partial charge in [-0.3, -0.25) is 9.78 Å². The number of carbonyl (C=O) groups excluding carboxylic acids is 1. The van der Waals surface area contributed by atoms with Crippen LogP contribution in [0, 0.1) is 0 Å². The minimum absolute atomic E-state index is 0.0340. The standard InChI is InChI=1S/C16H17NO2/c1-2-19-16(13-8-4-3-5-9-13)15(18)12-14-10-6-7-11-17-14/h3-11,16H,2,12H2,1H3. The highest BCUT2D eigenvalue weighted by molar-refractivity contribution is 5.86. The molecule has 0 radical (unpaired) electrons. The summed E-state index contributed by atoms with van der Waals surface area (Å²) in [5.41, 5.74) is 1.67. The fourth-order valence-electron chi connectivity index (χ4n) is 1.94. The molecule has 1 aromatic carbocycles. The summed E-state index contributed by atoms with van der Waals surface area (Å²) in [5, 5.41) is 0. The average molecular weight is 255 g/mol. The molecule has 0 spiro atoms. The Bertz CT molecular complexity index is 511. The molecule has 2 aromatic rings. The smallest absolute Gasteiger partial charge is 0.172 e. The highest BCUT2D eigenvalue weighted by atomic mass is 16.5. The van der Waals surface area contributed by atoms with Crippen molar-refractivity contribution in [3.05, 3.63) is 66.0 Å². The topological polar surface area (TPSA) is 39.2 Å². The van der Waals surface area contributed by atoms with E-state index in [0.29, 0.717) is 13.0 Å². The molecule has 0 amide bonds. The number of nitrogens with zero attached hydrogens (tertiary/aromatic N) is 1. The van der Waals surface area contributed by atoms with Crippen molar-refractivity contribution in [2.75, 3.05) is 6.61 Å². The Labute approximate surface area is 113 Å². The lowest BCUT2D eigenvalue weighted by molar-refractivity contribution is -0.130. The van der Waals surface area contributed by atoms with E-state index < -0.39 is 6.10 Å². The molecule has 0 saturated heterocycles. The number of hydrogen-bond acceptors (Lipinski definition) is 3. The monoisotopic (exact) mass is 255 g/mol. The fraction of sp³-hybridized carbons (Fsp3) is 0.250. The second kappa shape index (κ2) is 6.81. The van der Waals surface area contributed by atoms with Crippen molar-refractivity contribution in [1.29, 1.82) is 0 Å². The van der Waals surface area contributed by atoms with Crippen molar-refractivity contribution in [1.82, 2.24) is 4.98 Å². The van der Waals surface area contributed by atoms with E-state index in [4.69, 9.17) is 4.74 Å². The van der Waals surface area contributed by atoms with Crippen molar-refractivity contribution in [3.63, 3.8) is 0 Å². The van der Waals surface area contributed by atoms with E-state index in [2.05, 4.69) is 4.98 Å². The zero-order chi connectivity index (χ0) is 13.5. The molecule has 0 bridgehead atoms. The molecule has 0 fully saturated rings. The zero-order valence-corrected chi connectivity index (χ0v) is 11.0. The Morgan fingerprint density at radius 1 is 1.16 bits per heavy atom. The van der Waals surface area contributed by atoms with E-state index in [0.717, 1.165) is 11.3 Å². The number of ketones is 1. The molecule has 98 valence electrons. The molecule has 1 aromatic heterocycles. The SMILES string of the molecule is CCOC(C(=O)Cc1ccccn1)c1ccccc1. The fourth-order valence-corrected chi connectivity index (χ4v) is 1.94. The minimum Gasteiger partial charge on any atom is -0.366 e. The van der Waals surface area contributed by atoms with Crippen molar-refractivity contribution in [2.24, 2.45) is 0 Å². The molecule has 0 aliphatic heterocycles. The number of Topliss-reactive ketones (excluding diaryl/α,β-unsaturated/α-hetero) is 1. The first-order valence-electron chi connectivity index (χ1n) is 6.40. The molecule has 0 N–H and O–H groups in total. The van der Waals surface area contributed by atoms with Crippen LogP contribution in [-0.2, 0) is 16.0 Å². The van der Waals surface area contributed by atoms with Gasteiger partial charge in [0.1, 0.15) is 6.10 Å². The van der Waals surface area contributed by atoms with Crippen molar-refractivity contribution < 1.29 is 9.53 Å². The molecule has 0 aliphatic carbocycles. The van der Waals surface area contributed by atoms with Gasteiger partial charge in [0, 0.05) is 18.5 Å². The van der Waals surface area contributed by atoms with Crippen LogP contribution in [0.3, 0.4) is 0 Å². The van der Waals surface area contributed by atoms with Crippen LogP contribution in [0.25, 0.3) is 0 Å². The maximum Gasteiger partial charge on any atom is 0.172 e. The highest BCUT2D eigenvalue weighted by Crippen LogP contribution is 2.19. The van der Waals surface area contributed by atoms with Crippen LogP contribution in [-0.4, -0.2) is 17.4 Å². The predicted molar refractivity (Wildman–Crippen MR) is 73.8 cm³/mol. The van der Waals surface area contributed by atoms with Gasteiger partial charge >= 0.3 is 0 Å². The van der Waals surface area contributed by atoms with Crippen LogP contribution >= 0.6 is 0 Å². The van der Waals surface area contributed by atoms with Crippen LogP contribution in [0.4, 0.5) is 0 Å². The summed E-state index contributed by atoms with van der Waals surface area (Å²) < 4.78 is 5.58. The maximum atomic E-state index is 12.3. The first kappa shape index (κ1) is 13.4. The summed E-state index contributed by atoms with van der Waals surface area (Å²) >= 11 is 0. The molecular formula is C16H17NO2. The van der Waals surface area contributed by atoms with Crippen LogP contribution in [0.2, 0.25) is 0 Å². The maximum absolute atomic E-state index is 12.3. The van der Waals surface area contributed by atoms with E-state index in [-0.39, 0.29) is 5.78 Å². The first-order valence-corrected chi connectivity index (χ1v) is 6.40. The first-order chi connectivity index (χ1) is 9.31. The molecule has 19 heavy (non-hydrogen) atoms. The molecule has 3 heteroatoms. The second-order valence-electron chi connectivity index (χ2n) is 4.21. The number of rotatable bonds is 6. The lowest BCUT2D eigenvalue weighted by Crippen LogP contribution is -2.18. The van der Waals surface area contributed by atoms with Crippen LogP contribution in [0.15, 0.2) is 54.7 Å². The van der Waals surface area contributed by atoms with Gasteiger partial charge < -0.3 is 4.74 Å². The molecule has 1 heterocycles. The summed E-state index contributed by atoms with van der Waals surface area (Å²) in [5.74, 6) is 0.0340. The van der Waals surface area contributed by atoms with Crippen molar-refractivity contribution in [3.8, 4) is 0 Å². The number of pyridine rings is 1. The zero-order valence-electron chi connectivity index (χ0n) is 11.0. The normalized spacial score (nSPS) is 12.1. The number of benzene rings is 1. The molecule has 1 atom stereocenters. The molecular weight excluding hydrogens is 238 g/mol. The third kappa shape index (κ3) is 3.73. The van der Waals surface area contributed by atoms with E-state index in [1.807, 2.05) is 55.5 Å². The van der Waals surface area contributed by atoms with Crippen molar-refractivity contribution in [2.45, 2.75) is 19.4 Å². The number of aromatic nitrogens is 1. The lowest BCUT2D eigenvalue weighted by atomic mass is 10.0. The largest absolute Gasteiger partial charge is 0.366 e. The van der Waals surface area contributed by atoms with Gasteiger partial charge in [-0.25, -0.2) is 0 Å². The van der Waals surface area contributed by atoms with Crippen molar-refractivity contribution >= 4 is 5.78 Å². The molecule has 0 aliphatic rings. The highest BCUT2D eigenvalue weighted by Gasteiger charge is 2.20. The third-order valence-electron chi connectivity index (χ3n) is 2.81. The summed E-state index contributed by atoms with van der Waals surface area (Å²) in [6, 6.07) is 15.2. The Morgan fingerprint density at radius 3 is 2.53 bits per heavy atom.